The van der Waals surface area contributed by atoms with Gasteiger partial charge in [-0.2, -0.15) is 9.78 Å². The average Bonchev–Trinajstić information content (AvgIpc) is 3.26. The Labute approximate surface area is 211 Å². The van der Waals surface area contributed by atoms with Gasteiger partial charge in [0.2, 0.25) is 5.91 Å². The number of halogens is 2. The number of hydrogen-bond acceptors (Lipinski definition) is 5. The van der Waals surface area contributed by atoms with Crippen molar-refractivity contribution >= 4 is 39.3 Å². The topological polar surface area (TPSA) is 108 Å². The maximum Gasteiger partial charge on any atom is 0.404 e. The summed E-state index contributed by atoms with van der Waals surface area (Å²) < 4.78 is 4.16. The number of rotatable bonds is 8. The van der Waals surface area contributed by atoms with E-state index in [1.807, 2.05) is 23.2 Å². The maximum absolute atomic E-state index is 13.0. The molecule has 0 aromatic carbocycles. The minimum absolute atomic E-state index is 0.0510. The van der Waals surface area contributed by atoms with Crippen molar-refractivity contribution in [2.75, 3.05) is 6.54 Å². The third-order valence-corrected chi connectivity index (χ3v) is 9.27. The summed E-state index contributed by atoms with van der Waals surface area (Å²) in [7, 11) is 0. The molecule has 0 saturated heterocycles. The molecule has 6 rings (SSSR count). The molecule has 34 heavy (non-hydrogen) atoms. The van der Waals surface area contributed by atoms with Crippen LogP contribution in [0.25, 0.3) is 0 Å². The summed E-state index contributed by atoms with van der Waals surface area (Å²) in [5.41, 5.74) is 1.50. The first-order valence-corrected chi connectivity index (χ1v) is 13.1. The number of amides is 1. The normalized spacial score (nSPS) is 29.5. The zero-order valence-corrected chi connectivity index (χ0v) is 21.9. The molecule has 4 saturated carbocycles. The molecule has 2 aromatic rings. The summed E-state index contributed by atoms with van der Waals surface area (Å²) in [4.78, 5) is 23.9. The van der Waals surface area contributed by atoms with Crippen molar-refractivity contribution < 1.29 is 9.72 Å². The molecular formula is C23H30BrClN6O3. The SMILES string of the molecule is Cc1nn(CCCNC(=O)CC23CC4CC(C2)CC(n2cc(Br)c([N+](=O)[O-])n2)(C4)C3)c(C)c1Cl. The molecule has 184 valence electrons. The van der Waals surface area contributed by atoms with Crippen LogP contribution in [-0.2, 0) is 16.9 Å². The van der Waals surface area contributed by atoms with E-state index in [9.17, 15) is 14.9 Å². The lowest BCUT2D eigenvalue weighted by Crippen LogP contribution is -2.57. The van der Waals surface area contributed by atoms with Crippen LogP contribution in [0.1, 0.15) is 62.8 Å². The number of nitro groups is 1. The van der Waals surface area contributed by atoms with E-state index in [1.165, 1.54) is 6.42 Å². The number of aryl methyl sites for hydroxylation is 2. The van der Waals surface area contributed by atoms with Crippen LogP contribution in [-0.4, -0.2) is 36.9 Å². The number of hydrogen-bond donors (Lipinski definition) is 1. The molecule has 4 aliphatic rings. The van der Waals surface area contributed by atoms with Crippen LogP contribution in [0.2, 0.25) is 5.02 Å². The van der Waals surface area contributed by atoms with E-state index in [0.29, 0.717) is 40.8 Å². The Morgan fingerprint density at radius 3 is 2.59 bits per heavy atom. The first-order chi connectivity index (χ1) is 16.1. The van der Waals surface area contributed by atoms with Gasteiger partial charge in [0.25, 0.3) is 0 Å². The minimum Gasteiger partial charge on any atom is -0.358 e. The number of nitrogens with one attached hydrogen (secondary N) is 1. The predicted molar refractivity (Wildman–Crippen MR) is 131 cm³/mol. The molecule has 11 heteroatoms. The second kappa shape index (κ2) is 8.62. The monoisotopic (exact) mass is 552 g/mol. The zero-order chi connectivity index (χ0) is 24.3. The standard InChI is InChI=1S/C23H30BrClN6O3/c1-14-20(25)15(2)29(27-14)5-3-4-26-19(32)11-22-7-16-6-17(8-22)10-23(9-16,13-22)30-12-18(24)21(28-30)31(33)34/h12,16-17H,3-11,13H2,1-2H3,(H,26,32). The molecule has 4 bridgehead atoms. The first kappa shape index (κ1) is 23.8. The van der Waals surface area contributed by atoms with Gasteiger partial charge in [-0.25, -0.2) is 0 Å². The fourth-order valence-electron chi connectivity index (χ4n) is 7.34. The third-order valence-electron chi connectivity index (χ3n) is 8.16. The van der Waals surface area contributed by atoms with Crippen molar-refractivity contribution in [2.24, 2.45) is 17.3 Å². The van der Waals surface area contributed by atoms with Crippen LogP contribution in [0.15, 0.2) is 10.7 Å². The first-order valence-electron chi connectivity index (χ1n) is 12.0. The maximum atomic E-state index is 13.0. The number of aromatic nitrogens is 4. The van der Waals surface area contributed by atoms with Crippen molar-refractivity contribution in [3.63, 3.8) is 0 Å². The molecule has 9 nitrogen and oxygen atoms in total. The fourth-order valence-corrected chi connectivity index (χ4v) is 7.89. The summed E-state index contributed by atoms with van der Waals surface area (Å²) in [5, 5.41) is 24.0. The summed E-state index contributed by atoms with van der Waals surface area (Å²) in [6, 6.07) is 0. The summed E-state index contributed by atoms with van der Waals surface area (Å²) in [6.07, 6.45) is 9.23. The smallest absolute Gasteiger partial charge is 0.358 e. The lowest BCUT2D eigenvalue weighted by atomic mass is 9.46. The molecule has 2 unspecified atom stereocenters. The van der Waals surface area contributed by atoms with Crippen molar-refractivity contribution in [2.45, 2.75) is 77.3 Å². The van der Waals surface area contributed by atoms with E-state index in [1.54, 1.807) is 6.20 Å². The average molecular weight is 554 g/mol. The van der Waals surface area contributed by atoms with Crippen LogP contribution >= 0.6 is 27.5 Å². The Morgan fingerprint density at radius 1 is 1.29 bits per heavy atom. The molecule has 2 atom stereocenters. The van der Waals surface area contributed by atoms with Gasteiger partial charge in [-0.15, -0.1) is 0 Å². The molecule has 4 aliphatic carbocycles. The largest absolute Gasteiger partial charge is 0.404 e. The van der Waals surface area contributed by atoms with Crippen molar-refractivity contribution in [3.05, 3.63) is 37.2 Å². The highest BCUT2D eigenvalue weighted by Crippen LogP contribution is 2.65. The molecule has 4 fully saturated rings. The van der Waals surface area contributed by atoms with Crippen LogP contribution in [0.5, 0.6) is 0 Å². The van der Waals surface area contributed by atoms with Gasteiger partial charge in [0.15, 0.2) is 0 Å². The van der Waals surface area contributed by atoms with Gasteiger partial charge in [-0.3, -0.25) is 9.48 Å². The van der Waals surface area contributed by atoms with Crippen LogP contribution in [0.4, 0.5) is 5.82 Å². The second-order valence-corrected chi connectivity index (χ2v) is 12.0. The summed E-state index contributed by atoms with van der Waals surface area (Å²) >= 11 is 9.53. The van der Waals surface area contributed by atoms with Crippen LogP contribution in [0.3, 0.4) is 0 Å². The van der Waals surface area contributed by atoms with Gasteiger partial charge >= 0.3 is 5.82 Å². The summed E-state index contributed by atoms with van der Waals surface area (Å²) in [5.74, 6) is 1.06. The van der Waals surface area contributed by atoms with Gasteiger partial charge in [-0.1, -0.05) is 11.6 Å². The highest BCUT2D eigenvalue weighted by Gasteiger charge is 2.60. The number of carbonyl (C=O) groups excluding carboxylic acids is 1. The molecule has 2 heterocycles. The Bertz CT molecular complexity index is 1130. The molecular weight excluding hydrogens is 524 g/mol. The fraction of sp³-hybridized carbons (Fsp3) is 0.696. The van der Waals surface area contributed by atoms with Crippen LogP contribution in [0, 0.1) is 41.2 Å². The van der Waals surface area contributed by atoms with E-state index < -0.39 is 4.92 Å². The highest BCUT2D eigenvalue weighted by molar-refractivity contribution is 9.10. The molecule has 1 amide bonds. The number of nitrogens with zero attached hydrogens (tertiary/aromatic N) is 5. The molecule has 0 radical (unpaired) electrons. The second-order valence-electron chi connectivity index (χ2n) is 10.8. The highest BCUT2D eigenvalue weighted by atomic mass is 79.9. The van der Waals surface area contributed by atoms with Crippen LogP contribution < -0.4 is 5.32 Å². The van der Waals surface area contributed by atoms with Gasteiger partial charge in [-0.05, 0) is 96.9 Å². The summed E-state index contributed by atoms with van der Waals surface area (Å²) in [6.45, 7) is 5.16. The van der Waals surface area contributed by atoms with Crippen molar-refractivity contribution in [3.8, 4) is 0 Å². The van der Waals surface area contributed by atoms with E-state index in [4.69, 9.17) is 11.6 Å². The zero-order valence-electron chi connectivity index (χ0n) is 19.5. The molecule has 1 N–H and O–H groups in total. The molecule has 2 aromatic heterocycles. The predicted octanol–water partition coefficient (Wildman–Crippen LogP) is 4.91. The number of carbonyl (C=O) groups is 1. The van der Waals surface area contributed by atoms with E-state index in [-0.39, 0.29) is 22.7 Å². The Hall–Kier alpha value is -1.94. The van der Waals surface area contributed by atoms with Gasteiger partial charge in [0.05, 0.1) is 33.2 Å². The quantitative estimate of drug-likeness (QED) is 0.284. The molecule has 0 spiro atoms. The van der Waals surface area contributed by atoms with E-state index in [2.05, 4.69) is 31.4 Å². The Kier molecular flexibility index (Phi) is 6.03. The lowest BCUT2D eigenvalue weighted by Gasteiger charge is -2.61. The van der Waals surface area contributed by atoms with Gasteiger partial charge < -0.3 is 15.4 Å². The van der Waals surface area contributed by atoms with Gasteiger partial charge in [0.1, 0.15) is 4.47 Å². The van der Waals surface area contributed by atoms with Gasteiger partial charge in [0, 0.05) is 19.5 Å². The van der Waals surface area contributed by atoms with E-state index >= 15 is 0 Å². The minimum atomic E-state index is -0.440. The Morgan fingerprint density at radius 2 is 2.00 bits per heavy atom. The van der Waals surface area contributed by atoms with E-state index in [0.717, 1.165) is 49.9 Å². The van der Waals surface area contributed by atoms with Crippen molar-refractivity contribution in [1.82, 2.24) is 24.9 Å². The lowest BCUT2D eigenvalue weighted by molar-refractivity contribution is -0.390. The Balaban J connectivity index is 1.23. The van der Waals surface area contributed by atoms with Crippen molar-refractivity contribution in [1.29, 1.82) is 0 Å². The molecule has 0 aliphatic heterocycles. The third kappa shape index (κ3) is 4.17.